The Hall–Kier alpha value is -1.90. The highest BCUT2D eigenvalue weighted by Crippen LogP contribution is 2.19. The van der Waals surface area contributed by atoms with Gasteiger partial charge in [0.05, 0.1) is 0 Å². The Morgan fingerprint density at radius 3 is 2.90 bits per heavy atom. The zero-order valence-corrected chi connectivity index (χ0v) is 12.3. The second-order valence-corrected chi connectivity index (χ2v) is 4.60. The third-order valence-electron chi connectivity index (χ3n) is 2.56. The molecule has 0 fully saturated rings. The largest absolute Gasteiger partial charge is 0.472 e. The summed E-state index contributed by atoms with van der Waals surface area (Å²) in [4.78, 5) is 11.5. The van der Waals surface area contributed by atoms with Gasteiger partial charge in [-0.15, -0.1) is 11.0 Å². The van der Waals surface area contributed by atoms with Crippen LogP contribution in [0.15, 0.2) is 30.5 Å². The molecule has 1 aromatic heterocycles. The molecule has 0 aliphatic carbocycles. The Kier molecular flexibility index (Phi) is 4.72. The topological polar surface area (TPSA) is 44.1 Å². The van der Waals surface area contributed by atoms with Crippen molar-refractivity contribution in [2.24, 2.45) is 0 Å². The first kappa shape index (κ1) is 14.5. The van der Waals surface area contributed by atoms with Gasteiger partial charge in [0, 0.05) is 29.0 Å². The predicted octanol–water partition coefficient (Wildman–Crippen LogP) is 2.91. The summed E-state index contributed by atoms with van der Waals surface area (Å²) in [5.41, 5.74) is 1.75. The van der Waals surface area contributed by atoms with Gasteiger partial charge in [-0.3, -0.25) is 4.79 Å². The van der Waals surface area contributed by atoms with E-state index in [-0.39, 0.29) is 6.61 Å². The molecule has 0 aliphatic rings. The number of benzene rings is 1. The first-order valence-electron chi connectivity index (χ1n) is 5.74. The maximum atomic E-state index is 11.5. The molecule has 0 N–H and O–H groups in total. The van der Waals surface area contributed by atoms with Crippen molar-refractivity contribution in [2.75, 3.05) is 0 Å². The summed E-state index contributed by atoms with van der Waals surface area (Å²) in [7, 11) is 0. The molecule has 0 atom stereocenters. The molecule has 0 amide bonds. The molecule has 1 aromatic carbocycles. The molecule has 0 bridgehead atoms. The van der Waals surface area contributed by atoms with Gasteiger partial charge >= 0.3 is 0 Å². The monoisotopic (exact) mass is 306 g/mol. The van der Waals surface area contributed by atoms with Crippen molar-refractivity contribution in [2.45, 2.75) is 13.5 Å². The highest BCUT2D eigenvalue weighted by molar-refractivity contribution is 7.78. The second kappa shape index (κ2) is 6.51. The van der Waals surface area contributed by atoms with E-state index in [9.17, 15) is 4.79 Å². The number of nitrogens with zero attached hydrogens (tertiary/aromatic N) is 2. The molecule has 102 valence electrons. The number of rotatable bonds is 4. The van der Waals surface area contributed by atoms with Crippen LogP contribution < -0.4 is 4.74 Å². The van der Waals surface area contributed by atoms with Crippen LogP contribution in [0.3, 0.4) is 0 Å². The van der Waals surface area contributed by atoms with Gasteiger partial charge in [-0.2, -0.15) is 0 Å². The van der Waals surface area contributed by atoms with Crippen LogP contribution in [0.1, 0.15) is 28.4 Å². The molecular weight excluding hydrogens is 296 g/mol. The first-order valence-corrected chi connectivity index (χ1v) is 6.52. The van der Waals surface area contributed by atoms with E-state index in [1.807, 2.05) is 6.07 Å². The van der Waals surface area contributed by atoms with Crippen LogP contribution in [0, 0.1) is 11.8 Å². The minimum absolute atomic E-state index is 0.156. The minimum atomic E-state index is -0.539. The summed E-state index contributed by atoms with van der Waals surface area (Å²) in [5.74, 6) is 6.14. The highest BCUT2D eigenvalue weighted by atomic mass is 35.5. The Labute approximate surface area is 127 Å². The molecule has 0 spiro atoms. The number of hydrogen-bond donors (Lipinski definition) is 1. The average Bonchev–Trinajstić information content (AvgIpc) is 2.83. The van der Waals surface area contributed by atoms with Crippen LogP contribution in [0.25, 0.3) is 0 Å². The van der Waals surface area contributed by atoms with Crippen LogP contribution >= 0.6 is 24.4 Å². The fourth-order valence-corrected chi connectivity index (χ4v) is 2.03. The molecule has 20 heavy (non-hydrogen) atoms. The lowest BCUT2D eigenvalue weighted by molar-refractivity contribution is 0.107. The van der Waals surface area contributed by atoms with Gasteiger partial charge in [0.25, 0.3) is 5.24 Å². The van der Waals surface area contributed by atoms with Gasteiger partial charge in [-0.05, 0) is 43.5 Å². The van der Waals surface area contributed by atoms with Crippen molar-refractivity contribution in [3.05, 3.63) is 47.2 Å². The Morgan fingerprint density at radius 1 is 1.50 bits per heavy atom. The summed E-state index contributed by atoms with van der Waals surface area (Å²) in [6.45, 7) is 1.88. The van der Waals surface area contributed by atoms with Gasteiger partial charge in [-0.25, -0.2) is 4.09 Å². The SMILES string of the molecule is CC#Cc1cccc(C(=O)Cl)c1COc1ccn(S)n1. The summed E-state index contributed by atoms with van der Waals surface area (Å²) in [6.07, 6.45) is 1.64. The number of ether oxygens (including phenoxy) is 1. The molecule has 0 saturated carbocycles. The normalized spacial score (nSPS) is 9.75. The van der Waals surface area contributed by atoms with Crippen LogP contribution in [0.2, 0.25) is 0 Å². The van der Waals surface area contributed by atoms with Crippen LogP contribution in [-0.4, -0.2) is 14.4 Å². The number of carbonyl (C=O) groups is 1. The molecular formula is C14H11ClN2O2S. The lowest BCUT2D eigenvalue weighted by Gasteiger charge is -2.09. The lowest BCUT2D eigenvalue weighted by Crippen LogP contribution is -2.05. The quantitative estimate of drug-likeness (QED) is 0.536. The van der Waals surface area contributed by atoms with E-state index < -0.39 is 5.24 Å². The van der Waals surface area contributed by atoms with Crippen molar-refractivity contribution < 1.29 is 9.53 Å². The van der Waals surface area contributed by atoms with Crippen LogP contribution in [0.4, 0.5) is 0 Å². The van der Waals surface area contributed by atoms with E-state index in [1.165, 1.54) is 4.09 Å². The molecule has 2 aromatic rings. The summed E-state index contributed by atoms with van der Waals surface area (Å²) >= 11 is 9.61. The minimum Gasteiger partial charge on any atom is -0.472 e. The van der Waals surface area contributed by atoms with Gasteiger partial charge < -0.3 is 4.74 Å². The van der Waals surface area contributed by atoms with Crippen molar-refractivity contribution >= 4 is 29.7 Å². The Bertz CT molecular complexity index is 701. The Morgan fingerprint density at radius 2 is 2.30 bits per heavy atom. The van der Waals surface area contributed by atoms with E-state index in [0.29, 0.717) is 22.6 Å². The molecule has 4 nitrogen and oxygen atoms in total. The highest BCUT2D eigenvalue weighted by Gasteiger charge is 2.13. The fourth-order valence-electron chi connectivity index (χ4n) is 1.70. The number of halogens is 1. The molecule has 1 heterocycles. The zero-order valence-electron chi connectivity index (χ0n) is 10.6. The first-order chi connectivity index (χ1) is 9.61. The third kappa shape index (κ3) is 3.35. The second-order valence-electron chi connectivity index (χ2n) is 3.84. The van der Waals surface area contributed by atoms with E-state index in [1.54, 1.807) is 31.3 Å². The van der Waals surface area contributed by atoms with Gasteiger partial charge in [0.1, 0.15) is 6.61 Å². The van der Waals surface area contributed by atoms with Crippen molar-refractivity contribution in [3.63, 3.8) is 0 Å². The molecule has 6 heteroatoms. The van der Waals surface area contributed by atoms with Gasteiger partial charge in [0.15, 0.2) is 0 Å². The smallest absolute Gasteiger partial charge is 0.252 e. The van der Waals surface area contributed by atoms with E-state index >= 15 is 0 Å². The lowest BCUT2D eigenvalue weighted by atomic mass is 10.0. The predicted molar refractivity (Wildman–Crippen MR) is 80.1 cm³/mol. The van der Waals surface area contributed by atoms with Crippen LogP contribution in [0.5, 0.6) is 5.88 Å². The zero-order chi connectivity index (χ0) is 14.5. The summed E-state index contributed by atoms with van der Waals surface area (Å²) < 4.78 is 6.87. The van der Waals surface area contributed by atoms with Gasteiger partial charge in [-0.1, -0.05) is 12.0 Å². The number of carbonyl (C=O) groups excluding carboxylic acids is 1. The summed E-state index contributed by atoms with van der Waals surface area (Å²) in [5, 5.41) is 3.44. The number of thiol groups is 1. The number of hydrogen-bond acceptors (Lipinski definition) is 4. The fraction of sp³-hybridized carbons (Fsp3) is 0.143. The number of aromatic nitrogens is 2. The molecule has 0 saturated heterocycles. The summed E-state index contributed by atoms with van der Waals surface area (Å²) in [6, 6.07) is 6.87. The average molecular weight is 307 g/mol. The third-order valence-corrected chi connectivity index (χ3v) is 2.99. The standard InChI is InChI=1S/C14H11ClN2O2S/c1-2-4-10-5-3-6-11(14(15)18)12(10)9-19-13-7-8-17(20)16-13/h3,5-8,20H,9H2,1H3. The van der Waals surface area contributed by atoms with Crippen molar-refractivity contribution in [3.8, 4) is 17.7 Å². The molecule has 0 aliphatic heterocycles. The maximum absolute atomic E-state index is 11.5. The van der Waals surface area contributed by atoms with Gasteiger partial charge in [0.2, 0.25) is 5.88 Å². The molecule has 0 unspecified atom stereocenters. The van der Waals surface area contributed by atoms with E-state index in [0.717, 1.165) is 0 Å². The van der Waals surface area contributed by atoms with Crippen LogP contribution in [-0.2, 0) is 6.61 Å². The maximum Gasteiger partial charge on any atom is 0.252 e. The van der Waals surface area contributed by atoms with Crippen molar-refractivity contribution in [1.29, 1.82) is 0 Å². The van der Waals surface area contributed by atoms with E-state index in [4.69, 9.17) is 16.3 Å². The Balaban J connectivity index is 2.31. The molecule has 2 rings (SSSR count). The van der Waals surface area contributed by atoms with Crippen molar-refractivity contribution in [1.82, 2.24) is 9.19 Å². The molecule has 0 radical (unpaired) electrons. The van der Waals surface area contributed by atoms with E-state index in [2.05, 4.69) is 29.8 Å².